The predicted molar refractivity (Wildman–Crippen MR) is 134 cm³/mol. The molecule has 0 heterocycles. The van der Waals surface area contributed by atoms with Gasteiger partial charge in [-0.2, -0.15) is 8.42 Å². The van der Waals surface area contributed by atoms with Crippen molar-refractivity contribution in [3.8, 4) is 0 Å². The van der Waals surface area contributed by atoms with Crippen LogP contribution in [0.3, 0.4) is 0 Å². The second-order valence-corrected chi connectivity index (χ2v) is 9.97. The van der Waals surface area contributed by atoms with Gasteiger partial charge in [0.1, 0.15) is 0 Å². The molecule has 3 aromatic carbocycles. The maximum Gasteiger partial charge on any atom is 0.330 e. The van der Waals surface area contributed by atoms with Gasteiger partial charge in [-0.15, -0.1) is 0 Å². The van der Waals surface area contributed by atoms with Gasteiger partial charge in [0.05, 0.1) is 11.7 Å². The molecule has 0 radical (unpaired) electrons. The summed E-state index contributed by atoms with van der Waals surface area (Å²) >= 11 is 0. The minimum Gasteiger partial charge on any atom is -0.326 e. The average molecular weight is 466 g/mol. The number of hydrogen-bond acceptors (Lipinski definition) is 3. The second kappa shape index (κ2) is 10.5. The summed E-state index contributed by atoms with van der Waals surface area (Å²) in [5, 5.41) is 2.80. The average Bonchev–Trinajstić information content (AvgIpc) is 2.77. The Hall–Kier alpha value is -3.32. The summed E-state index contributed by atoms with van der Waals surface area (Å²) in [7, 11) is -4.17. The SMILES string of the molecule is CC(C)c1cccc(C(C)C)c1NS(=O)(=O)NC(=O)NC(c1ccccc1)c1ccccc1. The molecule has 6 nitrogen and oxygen atoms in total. The molecule has 0 aliphatic rings. The van der Waals surface area contributed by atoms with Gasteiger partial charge < -0.3 is 5.32 Å². The molecular weight excluding hydrogens is 434 g/mol. The Kier molecular flexibility index (Phi) is 7.76. The number of nitrogens with one attached hydrogen (secondary N) is 3. The Bertz CT molecular complexity index is 1110. The molecule has 0 spiro atoms. The molecule has 3 aromatic rings. The predicted octanol–water partition coefficient (Wildman–Crippen LogP) is 5.68. The molecule has 33 heavy (non-hydrogen) atoms. The molecule has 0 aromatic heterocycles. The number of carbonyl (C=O) groups excluding carboxylic acids is 1. The highest BCUT2D eigenvalue weighted by Crippen LogP contribution is 2.33. The van der Waals surface area contributed by atoms with Crippen molar-refractivity contribution in [3.05, 3.63) is 101 Å². The lowest BCUT2D eigenvalue weighted by Gasteiger charge is -2.22. The normalized spacial score (nSPS) is 11.6. The number of hydrogen-bond donors (Lipinski definition) is 3. The summed E-state index contributed by atoms with van der Waals surface area (Å²) in [6, 6.07) is 23.2. The molecule has 0 fully saturated rings. The number of carbonyl (C=O) groups is 1. The topological polar surface area (TPSA) is 87.3 Å². The van der Waals surface area contributed by atoms with E-state index in [1.807, 2.05) is 107 Å². The molecule has 0 bridgehead atoms. The van der Waals surface area contributed by atoms with Gasteiger partial charge in [0.2, 0.25) is 0 Å². The van der Waals surface area contributed by atoms with Crippen molar-refractivity contribution in [2.24, 2.45) is 0 Å². The van der Waals surface area contributed by atoms with Gasteiger partial charge in [-0.1, -0.05) is 107 Å². The summed E-state index contributed by atoms with van der Waals surface area (Å²) in [5.74, 6) is 0.214. The van der Waals surface area contributed by atoms with E-state index in [1.165, 1.54) is 0 Å². The third kappa shape index (κ3) is 6.35. The van der Waals surface area contributed by atoms with Crippen molar-refractivity contribution in [2.45, 2.75) is 45.6 Å². The fraction of sp³-hybridized carbons (Fsp3) is 0.269. The van der Waals surface area contributed by atoms with Crippen LogP contribution in [-0.2, 0) is 10.2 Å². The summed E-state index contributed by atoms with van der Waals surface area (Å²) in [6.07, 6.45) is 0. The largest absolute Gasteiger partial charge is 0.330 e. The standard InChI is InChI=1S/C26H31N3O3S/c1-18(2)22-16-11-17-23(19(3)4)25(22)28-33(31,32)29-26(30)27-24(20-12-7-5-8-13-20)21-14-9-6-10-15-21/h5-19,24,28H,1-4H3,(H2,27,29,30). The van der Waals surface area contributed by atoms with E-state index in [1.54, 1.807) is 0 Å². The minimum absolute atomic E-state index is 0.107. The Morgan fingerprint density at radius 2 is 1.15 bits per heavy atom. The summed E-state index contributed by atoms with van der Waals surface area (Å²) in [4.78, 5) is 12.8. The van der Waals surface area contributed by atoms with E-state index in [9.17, 15) is 13.2 Å². The van der Waals surface area contributed by atoms with E-state index in [4.69, 9.17) is 0 Å². The molecular formula is C26H31N3O3S. The fourth-order valence-electron chi connectivity index (χ4n) is 3.76. The molecule has 0 saturated heterocycles. The third-order valence-electron chi connectivity index (χ3n) is 5.38. The number of anilines is 1. The Morgan fingerprint density at radius 3 is 1.58 bits per heavy atom. The zero-order valence-electron chi connectivity index (χ0n) is 19.4. The van der Waals surface area contributed by atoms with Crippen molar-refractivity contribution >= 4 is 21.9 Å². The van der Waals surface area contributed by atoms with E-state index < -0.39 is 22.3 Å². The maximum absolute atomic E-state index is 12.9. The van der Waals surface area contributed by atoms with Gasteiger partial charge in [-0.3, -0.25) is 4.72 Å². The number of benzene rings is 3. The molecule has 0 aliphatic carbocycles. The lowest BCUT2D eigenvalue weighted by Crippen LogP contribution is -2.44. The van der Waals surface area contributed by atoms with E-state index >= 15 is 0 Å². The number of amides is 2. The van der Waals surface area contributed by atoms with Crippen molar-refractivity contribution in [2.75, 3.05) is 4.72 Å². The smallest absolute Gasteiger partial charge is 0.326 e. The van der Waals surface area contributed by atoms with Gasteiger partial charge in [-0.25, -0.2) is 9.52 Å². The second-order valence-electron chi connectivity index (χ2n) is 8.56. The van der Waals surface area contributed by atoms with Crippen LogP contribution in [0.1, 0.15) is 67.8 Å². The van der Waals surface area contributed by atoms with E-state index in [0.29, 0.717) is 5.69 Å². The van der Waals surface area contributed by atoms with Crippen molar-refractivity contribution in [1.82, 2.24) is 10.0 Å². The van der Waals surface area contributed by atoms with E-state index in [2.05, 4.69) is 14.8 Å². The van der Waals surface area contributed by atoms with Crippen LogP contribution >= 0.6 is 0 Å². The van der Waals surface area contributed by atoms with Gasteiger partial charge in [0, 0.05) is 0 Å². The van der Waals surface area contributed by atoms with Gasteiger partial charge in [0.15, 0.2) is 0 Å². The van der Waals surface area contributed by atoms with Crippen LogP contribution in [0, 0.1) is 0 Å². The third-order valence-corrected chi connectivity index (χ3v) is 6.30. The van der Waals surface area contributed by atoms with Crippen molar-refractivity contribution < 1.29 is 13.2 Å². The molecule has 0 saturated carbocycles. The van der Waals surface area contributed by atoms with Crippen LogP contribution in [0.4, 0.5) is 10.5 Å². The Morgan fingerprint density at radius 1 is 0.697 bits per heavy atom. The van der Waals surface area contributed by atoms with E-state index in [-0.39, 0.29) is 11.8 Å². The summed E-state index contributed by atoms with van der Waals surface area (Å²) < 4.78 is 30.6. The van der Waals surface area contributed by atoms with Crippen molar-refractivity contribution in [1.29, 1.82) is 0 Å². The van der Waals surface area contributed by atoms with E-state index in [0.717, 1.165) is 22.3 Å². The maximum atomic E-state index is 12.9. The molecule has 7 heteroatoms. The quantitative estimate of drug-likeness (QED) is 0.400. The first kappa shape index (κ1) is 24.3. The van der Waals surface area contributed by atoms with Crippen LogP contribution in [0.2, 0.25) is 0 Å². The first-order valence-electron chi connectivity index (χ1n) is 11.0. The summed E-state index contributed by atoms with van der Waals surface area (Å²) in [6.45, 7) is 8.01. The fourth-order valence-corrected chi connectivity index (χ4v) is 4.62. The molecule has 0 unspecified atom stereocenters. The highest BCUT2D eigenvalue weighted by molar-refractivity contribution is 7.91. The molecule has 3 N–H and O–H groups in total. The van der Waals surface area contributed by atoms with Crippen LogP contribution in [0.25, 0.3) is 0 Å². The van der Waals surface area contributed by atoms with Crippen LogP contribution in [0.15, 0.2) is 78.9 Å². The number of urea groups is 1. The number of para-hydroxylation sites is 1. The molecule has 2 amide bonds. The monoisotopic (exact) mass is 465 g/mol. The lowest BCUT2D eigenvalue weighted by molar-refractivity contribution is 0.243. The van der Waals surface area contributed by atoms with Crippen LogP contribution in [0.5, 0.6) is 0 Å². The highest BCUT2D eigenvalue weighted by atomic mass is 32.2. The molecule has 174 valence electrons. The first-order valence-corrected chi connectivity index (χ1v) is 12.5. The Balaban J connectivity index is 1.84. The molecule has 0 atom stereocenters. The van der Waals surface area contributed by atoms with Crippen LogP contribution in [-0.4, -0.2) is 14.4 Å². The molecule has 3 rings (SSSR count). The zero-order valence-corrected chi connectivity index (χ0v) is 20.2. The van der Waals surface area contributed by atoms with Gasteiger partial charge in [-0.05, 0) is 34.1 Å². The zero-order chi connectivity index (χ0) is 24.0. The van der Waals surface area contributed by atoms with Crippen LogP contribution < -0.4 is 14.8 Å². The lowest BCUT2D eigenvalue weighted by atomic mass is 9.93. The highest BCUT2D eigenvalue weighted by Gasteiger charge is 2.23. The number of rotatable bonds is 8. The van der Waals surface area contributed by atoms with Crippen molar-refractivity contribution in [3.63, 3.8) is 0 Å². The summed E-state index contributed by atoms with van der Waals surface area (Å²) in [5.41, 5.74) is 3.95. The minimum atomic E-state index is -4.17. The first-order chi connectivity index (χ1) is 15.7. The van der Waals surface area contributed by atoms with Gasteiger partial charge >= 0.3 is 16.2 Å². The molecule has 0 aliphatic heterocycles. The van der Waals surface area contributed by atoms with Gasteiger partial charge in [0.25, 0.3) is 0 Å². The Labute approximate surface area is 196 Å².